The molecule has 1 aromatic heterocycles. The number of carbonyl (C=O) groups is 1. The number of aliphatic hydroxyl groups is 4. The third-order valence-corrected chi connectivity index (χ3v) is 4.14. The first kappa shape index (κ1) is 19.0. The Morgan fingerprint density at radius 2 is 1.80 bits per heavy atom. The first-order valence-corrected chi connectivity index (χ1v) is 7.64. The van der Waals surface area contributed by atoms with Crippen molar-refractivity contribution in [2.24, 2.45) is 5.73 Å². The molecule has 0 saturated heterocycles. The minimum absolute atomic E-state index is 0.334. The van der Waals surface area contributed by atoms with Crippen LogP contribution in [0.2, 0.25) is 0 Å². The van der Waals surface area contributed by atoms with Crippen LogP contribution in [0.3, 0.4) is 0 Å². The molecule has 1 amide bonds. The van der Waals surface area contributed by atoms with Gasteiger partial charge in [0.2, 0.25) is 0 Å². The third kappa shape index (κ3) is 3.69. The molecule has 0 spiro atoms. The molecule has 0 aliphatic heterocycles. The van der Waals surface area contributed by atoms with Crippen LogP contribution in [0.15, 0.2) is 16.9 Å². The number of aryl methyl sites for hydroxylation is 2. The highest BCUT2D eigenvalue weighted by Crippen LogP contribution is 2.18. The number of hydrogen-bond acceptors (Lipinski definition) is 7. The molecule has 0 fully saturated rings. The monoisotopic (exact) mass is 351 g/mol. The van der Waals surface area contributed by atoms with E-state index in [2.05, 4.69) is 4.98 Å². The molecular weight excluding hydrogens is 330 g/mol. The highest BCUT2D eigenvalue weighted by molar-refractivity contribution is 5.92. The number of fused-ring (bicyclic) bond motifs is 1. The summed E-state index contributed by atoms with van der Waals surface area (Å²) in [6.07, 6.45) is -4.81. The van der Waals surface area contributed by atoms with E-state index in [0.717, 1.165) is 15.7 Å². The third-order valence-electron chi connectivity index (χ3n) is 4.14. The summed E-state index contributed by atoms with van der Waals surface area (Å²) in [4.78, 5) is 28.0. The number of benzene rings is 1. The van der Waals surface area contributed by atoms with E-state index in [9.17, 15) is 24.9 Å². The van der Waals surface area contributed by atoms with Gasteiger partial charge >= 0.3 is 0 Å². The topological polar surface area (TPSA) is 159 Å². The lowest BCUT2D eigenvalue weighted by atomic mass is 10.1. The van der Waals surface area contributed by atoms with Gasteiger partial charge in [0.15, 0.2) is 5.69 Å². The fraction of sp³-hybridized carbons (Fsp3) is 0.438. The molecule has 9 heteroatoms. The van der Waals surface area contributed by atoms with E-state index in [0.29, 0.717) is 11.0 Å². The number of aliphatic hydroxyl groups excluding tert-OH is 4. The first-order chi connectivity index (χ1) is 11.7. The van der Waals surface area contributed by atoms with Crippen molar-refractivity contribution in [3.8, 4) is 0 Å². The molecule has 0 aliphatic rings. The van der Waals surface area contributed by atoms with E-state index < -0.39 is 48.6 Å². The molecule has 1 heterocycles. The summed E-state index contributed by atoms with van der Waals surface area (Å²) in [6.45, 7) is 2.49. The zero-order valence-electron chi connectivity index (χ0n) is 13.9. The number of nitrogens with two attached hydrogens (primary N) is 1. The first-order valence-electron chi connectivity index (χ1n) is 7.64. The Morgan fingerprint density at radius 3 is 2.36 bits per heavy atom. The highest BCUT2D eigenvalue weighted by Gasteiger charge is 2.26. The molecule has 2 rings (SSSR count). The normalized spacial score (nSPS) is 15.1. The molecule has 0 bridgehead atoms. The molecule has 6 N–H and O–H groups in total. The van der Waals surface area contributed by atoms with E-state index >= 15 is 0 Å². The van der Waals surface area contributed by atoms with Crippen molar-refractivity contribution < 1.29 is 25.2 Å². The summed E-state index contributed by atoms with van der Waals surface area (Å²) in [5.41, 5.74) is 6.34. The summed E-state index contributed by atoms with van der Waals surface area (Å²) < 4.78 is 1.08. The van der Waals surface area contributed by atoms with Gasteiger partial charge in [-0.25, -0.2) is 4.98 Å². The quantitative estimate of drug-likeness (QED) is 0.410. The van der Waals surface area contributed by atoms with Crippen molar-refractivity contribution >= 4 is 16.9 Å². The Kier molecular flexibility index (Phi) is 5.53. The average Bonchev–Trinajstić information content (AvgIpc) is 2.57. The summed E-state index contributed by atoms with van der Waals surface area (Å²) in [5, 5.41) is 38.2. The zero-order valence-corrected chi connectivity index (χ0v) is 13.9. The number of amides is 1. The Bertz CT molecular complexity index is 863. The van der Waals surface area contributed by atoms with Crippen LogP contribution in [0.4, 0.5) is 0 Å². The van der Waals surface area contributed by atoms with Gasteiger partial charge < -0.3 is 30.7 Å². The van der Waals surface area contributed by atoms with Gasteiger partial charge in [-0.15, -0.1) is 0 Å². The van der Waals surface area contributed by atoms with Crippen LogP contribution in [0.25, 0.3) is 11.0 Å². The predicted molar refractivity (Wildman–Crippen MR) is 89.1 cm³/mol. The van der Waals surface area contributed by atoms with Gasteiger partial charge in [-0.2, -0.15) is 0 Å². The highest BCUT2D eigenvalue weighted by atomic mass is 16.4. The molecule has 0 saturated carbocycles. The Balaban J connectivity index is 2.64. The maximum Gasteiger partial charge on any atom is 0.282 e. The van der Waals surface area contributed by atoms with E-state index in [1.807, 2.05) is 13.8 Å². The minimum atomic E-state index is -1.68. The molecule has 0 aliphatic carbocycles. The number of hydrogen-bond donors (Lipinski definition) is 5. The van der Waals surface area contributed by atoms with E-state index in [-0.39, 0.29) is 0 Å². The second-order valence-electron chi connectivity index (χ2n) is 5.97. The van der Waals surface area contributed by atoms with Crippen LogP contribution in [0, 0.1) is 13.8 Å². The maximum atomic E-state index is 12.5. The van der Waals surface area contributed by atoms with Crippen molar-refractivity contribution in [3.05, 3.63) is 39.3 Å². The molecule has 2 aromatic rings. The molecule has 136 valence electrons. The van der Waals surface area contributed by atoms with Crippen molar-refractivity contribution in [1.82, 2.24) is 9.55 Å². The second-order valence-corrected chi connectivity index (χ2v) is 5.97. The molecule has 9 nitrogen and oxygen atoms in total. The summed E-state index contributed by atoms with van der Waals surface area (Å²) in [6, 6.07) is 3.35. The molecule has 25 heavy (non-hydrogen) atoms. The smallest absolute Gasteiger partial charge is 0.282 e. The number of nitrogens with zero attached hydrogens (tertiary/aromatic N) is 2. The number of aromatic nitrogens is 2. The predicted octanol–water partition coefficient (Wildman–Crippen LogP) is -1.81. The Morgan fingerprint density at radius 1 is 1.20 bits per heavy atom. The van der Waals surface area contributed by atoms with E-state index in [1.165, 1.54) is 0 Å². The fourth-order valence-corrected chi connectivity index (χ4v) is 2.50. The van der Waals surface area contributed by atoms with Crippen LogP contribution in [0.1, 0.15) is 21.6 Å². The van der Waals surface area contributed by atoms with Gasteiger partial charge in [0.1, 0.15) is 18.3 Å². The Hall–Kier alpha value is -2.33. The van der Waals surface area contributed by atoms with Gasteiger partial charge in [-0.05, 0) is 37.1 Å². The zero-order chi connectivity index (χ0) is 18.9. The van der Waals surface area contributed by atoms with Crippen LogP contribution in [-0.4, -0.2) is 60.8 Å². The summed E-state index contributed by atoms with van der Waals surface area (Å²) in [7, 11) is 0. The van der Waals surface area contributed by atoms with E-state index in [4.69, 9.17) is 10.8 Å². The minimum Gasteiger partial charge on any atom is -0.394 e. The van der Waals surface area contributed by atoms with Crippen LogP contribution >= 0.6 is 0 Å². The van der Waals surface area contributed by atoms with E-state index in [1.54, 1.807) is 12.1 Å². The molecular formula is C16H21N3O6. The van der Waals surface area contributed by atoms with Crippen molar-refractivity contribution in [2.45, 2.75) is 38.7 Å². The number of primary amides is 1. The summed E-state index contributed by atoms with van der Waals surface area (Å²) >= 11 is 0. The van der Waals surface area contributed by atoms with Crippen molar-refractivity contribution in [3.63, 3.8) is 0 Å². The Labute approximate surface area is 143 Å². The van der Waals surface area contributed by atoms with Crippen LogP contribution in [0.5, 0.6) is 0 Å². The van der Waals surface area contributed by atoms with Crippen molar-refractivity contribution in [2.75, 3.05) is 6.61 Å². The second kappa shape index (κ2) is 7.28. The number of carbonyl (C=O) groups excluding carboxylic acids is 1. The number of rotatable bonds is 6. The van der Waals surface area contributed by atoms with Gasteiger partial charge in [0, 0.05) is 0 Å². The van der Waals surface area contributed by atoms with Gasteiger partial charge in [0.25, 0.3) is 11.5 Å². The largest absolute Gasteiger partial charge is 0.394 e. The lowest BCUT2D eigenvalue weighted by Gasteiger charge is -2.23. The van der Waals surface area contributed by atoms with Gasteiger partial charge in [0.05, 0.1) is 24.2 Å². The lowest BCUT2D eigenvalue weighted by Crippen LogP contribution is -2.44. The lowest BCUT2D eigenvalue weighted by molar-refractivity contribution is -0.0805. The van der Waals surface area contributed by atoms with Gasteiger partial charge in [-0.1, -0.05) is 0 Å². The van der Waals surface area contributed by atoms with Gasteiger partial charge in [-0.3, -0.25) is 9.59 Å². The standard InChI is InChI=1S/C16H21N3O6/c1-7-3-9-10(4-8(7)2)19(16(25)13(18-9)15(17)24)5-11(21)14(23)12(22)6-20/h3-4,11-12,14,20-23H,5-6H2,1-2H3,(H2,17,24)/t11-,12+,14-/m0/s1. The molecule has 3 atom stereocenters. The van der Waals surface area contributed by atoms with Crippen LogP contribution < -0.4 is 11.3 Å². The fourth-order valence-electron chi connectivity index (χ4n) is 2.50. The van der Waals surface area contributed by atoms with Crippen LogP contribution in [-0.2, 0) is 6.54 Å². The molecule has 0 unspecified atom stereocenters. The van der Waals surface area contributed by atoms with Crippen molar-refractivity contribution in [1.29, 1.82) is 0 Å². The maximum absolute atomic E-state index is 12.5. The molecule has 0 radical (unpaired) electrons. The summed E-state index contributed by atoms with van der Waals surface area (Å²) in [5.74, 6) is -1.01. The average molecular weight is 351 g/mol. The molecule has 1 aromatic carbocycles. The SMILES string of the molecule is Cc1cc2nc(C(N)=O)c(=O)n(C[C@H](O)[C@H](O)[C@H](O)CO)c2cc1C.